The molecule has 486 valence electrons. The first-order valence-electron chi connectivity index (χ1n) is 30.4. The van der Waals surface area contributed by atoms with Crippen LogP contribution in [-0.4, -0.2) is 145 Å². The van der Waals surface area contributed by atoms with Crippen molar-refractivity contribution in [3.63, 3.8) is 0 Å². The lowest BCUT2D eigenvalue weighted by atomic mass is 9.78. The van der Waals surface area contributed by atoms with Gasteiger partial charge in [-0.1, -0.05) is 59.8 Å². The highest BCUT2D eigenvalue weighted by molar-refractivity contribution is 6.21. The molecule has 11 rings (SSSR count). The Morgan fingerprint density at radius 2 is 1.59 bits per heavy atom. The minimum Gasteiger partial charge on any atom is -0.507 e. The molecule has 4 bridgehead atoms. The van der Waals surface area contributed by atoms with Gasteiger partial charge in [-0.05, 0) is 55.9 Å². The van der Waals surface area contributed by atoms with Gasteiger partial charge in [0, 0.05) is 125 Å². The average molecular weight is 1260 g/mol. The van der Waals surface area contributed by atoms with Gasteiger partial charge in [0.1, 0.15) is 51.2 Å². The van der Waals surface area contributed by atoms with Crippen molar-refractivity contribution in [1.29, 1.82) is 0 Å². The zero-order chi connectivity index (χ0) is 66.2. The topological polar surface area (TPSA) is 310 Å². The van der Waals surface area contributed by atoms with Crippen LogP contribution in [0.3, 0.4) is 0 Å². The highest BCUT2D eigenvalue weighted by atomic mass is 19.1. The lowest BCUT2D eigenvalue weighted by Gasteiger charge is -2.38. The number of esters is 1. The van der Waals surface area contributed by atoms with Gasteiger partial charge in [-0.15, -0.1) is 0 Å². The first-order chi connectivity index (χ1) is 42.9. The van der Waals surface area contributed by atoms with Crippen LogP contribution < -0.4 is 36.8 Å². The number of ketones is 1. The van der Waals surface area contributed by atoms with Crippen molar-refractivity contribution < 1.29 is 76.8 Å². The summed E-state index contributed by atoms with van der Waals surface area (Å²) in [5.74, 6) is -10.3. The average Bonchev–Trinajstić information content (AvgIpc) is 1.59. The molecule has 25 heteroatoms. The standard InChI is InChI=1S/C46H62N4O11.C20H15F3N4O3/c1-22(2)21-50-18-16-46(17-19-50)48-34-31-32-39(54)28(8)42-33(31)43(56)45(10,61-42)59-20-15-30(58-11)25(5)41(60-29(9)51)27(7)38(53)26(6)37(52)23(3)13-12-14-24(4)44(57)47-36(40(32)55)35(34)49-46;21-8-1-2-15(13(22)3-8)27-7-12(20(29)30)17(28)9-4-14(23)19(25-18(9)27)26-5-10-11(6-26)16(10)24/h12-15,20,22-23,25-27,30,37-38,41,48,52-55H,16-19,21H2,1-11H3;1-4,7,10-11,16H,5-6,24H2,(H,29,30)/b13-12+,20-15+,24-14-,47-36?;/t23-,25+,26+,27+,30-,37-,38+,41+,45-;10-,11+,16?/m0./s1. The number of anilines is 2. The van der Waals surface area contributed by atoms with Crippen molar-refractivity contribution in [2.24, 2.45) is 57.1 Å². The van der Waals surface area contributed by atoms with E-state index in [1.807, 2.05) is 0 Å². The quantitative estimate of drug-likeness (QED) is 0.0663. The van der Waals surface area contributed by atoms with Gasteiger partial charge in [0.25, 0.3) is 11.7 Å². The number of allylic oxidation sites excluding steroid dienone is 2. The number of amides is 1. The molecule has 22 nitrogen and oxygen atoms in total. The van der Waals surface area contributed by atoms with E-state index >= 15 is 0 Å². The van der Waals surface area contributed by atoms with E-state index in [2.05, 4.69) is 34.0 Å². The van der Waals surface area contributed by atoms with Gasteiger partial charge in [0.15, 0.2) is 23.0 Å². The maximum absolute atomic E-state index is 14.8. The van der Waals surface area contributed by atoms with Crippen molar-refractivity contribution in [2.45, 2.75) is 124 Å². The molecule has 3 aromatic carbocycles. The molecular weight excluding hydrogens is 1190 g/mol. The maximum Gasteiger partial charge on any atom is 0.341 e. The van der Waals surface area contributed by atoms with E-state index in [4.69, 9.17) is 29.7 Å². The summed E-state index contributed by atoms with van der Waals surface area (Å²) >= 11 is 0. The fourth-order valence-electron chi connectivity index (χ4n) is 13.4. The fraction of sp³-hybridized carbons (Fsp3) is 0.485. The number of hydrogen-bond donors (Lipinski definition) is 7. The van der Waals surface area contributed by atoms with Crippen LogP contribution >= 0.6 is 0 Å². The highest BCUT2D eigenvalue weighted by Gasteiger charge is 2.55. The summed E-state index contributed by atoms with van der Waals surface area (Å²) in [5, 5.41) is 59.6. The number of Topliss-reactive ketones (excluding diaryl/α,β-unsaturated/α-hetero) is 1. The number of aromatic carboxylic acids is 1. The number of fused-ring (bicyclic) bond motifs is 3. The molecule has 0 radical (unpaired) electrons. The Morgan fingerprint density at radius 3 is 2.22 bits per heavy atom. The number of aliphatic hydroxyl groups excluding tert-OH is 2. The molecule has 6 aliphatic rings. The van der Waals surface area contributed by atoms with Crippen LogP contribution in [0.5, 0.6) is 17.2 Å². The number of nitrogens with one attached hydrogen (secondary N) is 1. The van der Waals surface area contributed by atoms with Crippen LogP contribution in [0.2, 0.25) is 0 Å². The number of pyridine rings is 2. The number of halogens is 3. The van der Waals surface area contributed by atoms with Crippen molar-refractivity contribution in [2.75, 3.05) is 50.1 Å². The molecule has 1 aliphatic carbocycles. The second-order valence-electron chi connectivity index (χ2n) is 25.6. The molecule has 1 amide bonds. The normalized spacial score (nSPS) is 29.3. The molecule has 91 heavy (non-hydrogen) atoms. The van der Waals surface area contributed by atoms with Crippen molar-refractivity contribution in [3.8, 4) is 22.9 Å². The van der Waals surface area contributed by atoms with E-state index in [9.17, 15) is 62.7 Å². The smallest absolute Gasteiger partial charge is 0.341 e. The number of rotatable bonds is 7. The van der Waals surface area contributed by atoms with Gasteiger partial charge in [0.2, 0.25) is 5.43 Å². The predicted molar refractivity (Wildman–Crippen MR) is 329 cm³/mol. The zero-order valence-electron chi connectivity index (χ0n) is 52.5. The number of nitrogens with zero attached hydrogens (tertiary/aromatic N) is 6. The number of hydrogen-bond acceptors (Lipinski definition) is 19. The van der Waals surface area contributed by atoms with Crippen LogP contribution in [0.4, 0.5) is 24.7 Å². The summed E-state index contributed by atoms with van der Waals surface area (Å²) in [5.41, 5.74) is 3.83. The Kier molecular flexibility index (Phi) is 18.1. The first kappa shape index (κ1) is 65.7. The SMILES string of the molecule is CO[C@H]1/C=C/O[C@@]2(C)Oc3c(C)c(O)c4c(O)c(c5c(c4c3C2=O)NC2(CCN(CC(C)C)CC2)N=5)=NC(=O)/C(C)=C\C=C\[C@H](C)[C@H](O)[C@@H](C)[C@@H](O)[C@@H](C)[C@H](OC(C)=O)[C@@H]1C.NC1[C@H]2CN(c3nc4c(cc3F)c(=O)c(C(=O)O)cn4-c3ccc(F)cc3F)C[C@@H]12. The Morgan fingerprint density at radius 1 is 0.912 bits per heavy atom. The summed E-state index contributed by atoms with van der Waals surface area (Å²) in [7, 11) is 1.47. The second-order valence-corrected chi connectivity index (χ2v) is 25.6. The number of ether oxygens (including phenoxy) is 4. The number of carboxylic acid groups (broad SMARTS) is 1. The molecule has 5 aliphatic heterocycles. The molecule has 1 unspecified atom stereocenters. The molecule has 2 saturated heterocycles. The van der Waals surface area contributed by atoms with Gasteiger partial charge in [-0.25, -0.2) is 27.9 Å². The third kappa shape index (κ3) is 12.2. The predicted octanol–water partition coefficient (Wildman–Crippen LogP) is 6.64. The Balaban J connectivity index is 0.000000251. The third-order valence-electron chi connectivity index (χ3n) is 18.8. The Hall–Kier alpha value is -8.23. The van der Waals surface area contributed by atoms with E-state index in [0.29, 0.717) is 43.6 Å². The molecule has 3 fully saturated rings. The number of carboxylic acids is 1. The van der Waals surface area contributed by atoms with E-state index in [-0.39, 0.29) is 90.1 Å². The number of likely N-dealkylation sites (tertiary alicyclic amines) is 1. The van der Waals surface area contributed by atoms with E-state index in [0.717, 1.165) is 48.6 Å². The van der Waals surface area contributed by atoms with Crippen molar-refractivity contribution >= 4 is 56.9 Å². The number of aromatic hydroxyl groups is 2. The fourth-order valence-corrected chi connectivity index (χ4v) is 13.4. The molecule has 5 aromatic rings. The highest BCUT2D eigenvalue weighted by Crippen LogP contribution is 2.52. The summed E-state index contributed by atoms with van der Waals surface area (Å²) < 4.78 is 67.7. The molecule has 2 aromatic heterocycles. The number of phenolic OH excluding ortho intramolecular Hbond substituents is 2. The third-order valence-corrected chi connectivity index (χ3v) is 18.8. The van der Waals surface area contributed by atoms with Crippen LogP contribution in [0.25, 0.3) is 27.5 Å². The molecular formula is C66H77F3N8O14. The van der Waals surface area contributed by atoms with Gasteiger partial charge in [-0.3, -0.25) is 28.7 Å². The van der Waals surface area contributed by atoms with E-state index in [1.54, 1.807) is 70.7 Å². The van der Waals surface area contributed by atoms with Crippen LogP contribution in [0.15, 0.2) is 81.4 Å². The summed E-state index contributed by atoms with van der Waals surface area (Å²) in [4.78, 5) is 83.0. The van der Waals surface area contributed by atoms with Crippen molar-refractivity contribution in [1.82, 2.24) is 14.5 Å². The molecule has 1 spiro atoms. The lowest BCUT2D eigenvalue weighted by molar-refractivity contribution is -0.160. The molecule has 12 atom stereocenters. The van der Waals surface area contributed by atoms with E-state index in [1.165, 1.54) is 27.2 Å². The summed E-state index contributed by atoms with van der Waals surface area (Å²) in [6, 6.07) is 3.69. The number of carbonyl (C=O) groups excluding carboxylic acids is 3. The molecule has 1 saturated carbocycles. The van der Waals surface area contributed by atoms with Crippen LogP contribution in [0, 0.1) is 65.8 Å². The van der Waals surface area contributed by atoms with Crippen molar-refractivity contribution in [3.05, 3.63) is 122 Å². The largest absolute Gasteiger partial charge is 0.507 e. The number of methoxy groups -OCH3 is 1. The van der Waals surface area contributed by atoms with Gasteiger partial charge >= 0.3 is 17.7 Å². The van der Waals surface area contributed by atoms with Gasteiger partial charge in [-0.2, -0.15) is 0 Å². The first-order valence-corrected chi connectivity index (χ1v) is 30.4. The van der Waals surface area contributed by atoms with Gasteiger partial charge < -0.3 is 65.3 Å². The molecule has 7 heterocycles. The lowest BCUT2D eigenvalue weighted by Crippen LogP contribution is -2.47. The number of nitrogens with two attached hydrogens (primary N) is 1. The summed E-state index contributed by atoms with van der Waals surface area (Å²) in [6.45, 7) is 20.6. The number of piperidine rings is 2. The zero-order valence-corrected chi connectivity index (χ0v) is 52.5. The second kappa shape index (κ2) is 25.1. The summed E-state index contributed by atoms with van der Waals surface area (Å²) in [6.07, 6.45) is 5.98. The maximum atomic E-state index is 14.8. The number of aliphatic hydroxyl groups is 2. The van der Waals surface area contributed by atoms with Gasteiger partial charge in [0.05, 0.1) is 52.3 Å². The number of benzene rings is 3. The minimum absolute atomic E-state index is 0.0272. The van der Waals surface area contributed by atoms with E-state index < -0.39 is 117 Å². The Bertz CT molecular complexity index is 4080. The number of aromatic nitrogens is 2. The number of phenols is 2. The monoisotopic (exact) mass is 1260 g/mol. The Labute approximate surface area is 522 Å². The van der Waals surface area contributed by atoms with Crippen LogP contribution in [0.1, 0.15) is 101 Å². The number of carbonyl (C=O) groups is 4. The minimum atomic E-state index is -1.95. The van der Waals surface area contributed by atoms with Crippen LogP contribution in [-0.2, 0) is 23.8 Å². The molecule has 8 N–H and O–H groups in total.